The molecule has 0 saturated carbocycles. The molecule has 1 aliphatic rings. The minimum absolute atomic E-state index is 0.0708. The topological polar surface area (TPSA) is 85.6 Å². The minimum atomic E-state index is -0.443. The zero-order valence-corrected chi connectivity index (χ0v) is 13.9. The van der Waals surface area contributed by atoms with Crippen molar-refractivity contribution in [3.63, 3.8) is 0 Å². The number of amides is 1. The third kappa shape index (κ3) is 2.86. The van der Waals surface area contributed by atoms with Crippen LogP contribution in [0.1, 0.15) is 28.8 Å². The Labute approximate surface area is 148 Å². The first-order valence-corrected chi connectivity index (χ1v) is 8.16. The molecule has 0 spiro atoms. The molecule has 4 rings (SSSR count). The van der Waals surface area contributed by atoms with Gasteiger partial charge in [-0.25, -0.2) is 4.79 Å². The van der Waals surface area contributed by atoms with Crippen molar-refractivity contribution in [2.45, 2.75) is 12.8 Å². The lowest BCUT2D eigenvalue weighted by Crippen LogP contribution is -2.12. The lowest BCUT2D eigenvalue weighted by atomic mass is 9.99. The van der Waals surface area contributed by atoms with Crippen LogP contribution in [0.25, 0.3) is 11.0 Å². The summed E-state index contributed by atoms with van der Waals surface area (Å²) in [5.74, 6) is -0.110. The molecule has 2 aromatic carbocycles. The van der Waals surface area contributed by atoms with Crippen LogP contribution in [0.15, 0.2) is 57.7 Å². The van der Waals surface area contributed by atoms with Crippen LogP contribution >= 0.6 is 0 Å². The molecule has 130 valence electrons. The van der Waals surface area contributed by atoms with Crippen LogP contribution in [0.3, 0.4) is 0 Å². The number of hydrogen-bond donors (Lipinski definition) is 1. The molecule has 0 radical (unpaired) electrons. The van der Waals surface area contributed by atoms with E-state index in [1.807, 2.05) is 0 Å². The molecular formula is C20H15NO5. The Kier molecular flexibility index (Phi) is 3.80. The highest BCUT2D eigenvalue weighted by Crippen LogP contribution is 2.32. The van der Waals surface area contributed by atoms with E-state index in [4.69, 9.17) is 9.15 Å². The number of hydrogen-bond acceptors (Lipinski definition) is 5. The summed E-state index contributed by atoms with van der Waals surface area (Å²) in [6.45, 7) is 1.64. The first kappa shape index (κ1) is 16.1. The molecule has 1 aliphatic heterocycles. The van der Waals surface area contributed by atoms with Gasteiger partial charge in [0.2, 0.25) is 5.91 Å². The van der Waals surface area contributed by atoms with Gasteiger partial charge in [0.1, 0.15) is 11.3 Å². The summed E-state index contributed by atoms with van der Waals surface area (Å²) >= 11 is 0. The second kappa shape index (κ2) is 6.15. The van der Waals surface area contributed by atoms with Crippen LogP contribution in [-0.4, -0.2) is 18.3 Å². The SMILES string of the molecule is C[C@@H]1C(=O)Nc2ccc(C(=O)COc3ccc4ccc(=O)oc4c3)cc21. The van der Waals surface area contributed by atoms with Crippen molar-refractivity contribution in [2.75, 3.05) is 11.9 Å². The zero-order chi connectivity index (χ0) is 18.3. The Hall–Kier alpha value is -3.41. The molecule has 3 aromatic rings. The Morgan fingerprint density at radius 2 is 1.92 bits per heavy atom. The van der Waals surface area contributed by atoms with E-state index in [1.54, 1.807) is 49.4 Å². The van der Waals surface area contributed by atoms with Crippen LogP contribution in [0.2, 0.25) is 0 Å². The number of nitrogens with one attached hydrogen (secondary N) is 1. The van der Waals surface area contributed by atoms with Crippen molar-refractivity contribution in [2.24, 2.45) is 0 Å². The molecule has 0 fully saturated rings. The van der Waals surface area contributed by atoms with E-state index in [2.05, 4.69) is 5.32 Å². The number of rotatable bonds is 4. The molecule has 6 heteroatoms. The molecule has 1 atom stereocenters. The highest BCUT2D eigenvalue weighted by Gasteiger charge is 2.27. The monoisotopic (exact) mass is 349 g/mol. The Balaban J connectivity index is 1.51. The maximum atomic E-state index is 12.4. The van der Waals surface area contributed by atoms with Gasteiger partial charge in [-0.05, 0) is 48.9 Å². The Morgan fingerprint density at radius 3 is 2.77 bits per heavy atom. The number of fused-ring (bicyclic) bond motifs is 2. The molecule has 0 aliphatic carbocycles. The summed E-state index contributed by atoms with van der Waals surface area (Å²) in [6, 6.07) is 13.2. The number of anilines is 1. The normalized spacial score (nSPS) is 15.6. The number of ether oxygens (including phenoxy) is 1. The van der Waals surface area contributed by atoms with Crippen LogP contribution in [0, 0.1) is 0 Å². The summed E-state index contributed by atoms with van der Waals surface area (Å²) in [4.78, 5) is 35.4. The van der Waals surface area contributed by atoms with Crippen molar-refractivity contribution in [1.82, 2.24) is 0 Å². The fraction of sp³-hybridized carbons (Fsp3) is 0.150. The molecule has 0 unspecified atom stereocenters. The van der Waals surface area contributed by atoms with E-state index < -0.39 is 5.63 Å². The lowest BCUT2D eigenvalue weighted by Gasteiger charge is -2.08. The van der Waals surface area contributed by atoms with E-state index in [0.717, 1.165) is 16.6 Å². The zero-order valence-electron chi connectivity index (χ0n) is 13.9. The summed E-state index contributed by atoms with van der Waals surface area (Å²) in [7, 11) is 0. The number of Topliss-reactive ketones (excluding diaryl/α,β-unsaturated/α-hetero) is 1. The van der Waals surface area contributed by atoms with Gasteiger partial charge in [0.25, 0.3) is 0 Å². The molecule has 1 N–H and O–H groups in total. The summed E-state index contributed by atoms with van der Waals surface area (Å²) in [6.07, 6.45) is 0. The highest BCUT2D eigenvalue weighted by atomic mass is 16.5. The molecule has 1 aromatic heterocycles. The van der Waals surface area contributed by atoms with Gasteiger partial charge in [0, 0.05) is 28.8 Å². The quantitative estimate of drug-likeness (QED) is 0.578. The summed E-state index contributed by atoms with van der Waals surface area (Å²) in [5, 5.41) is 3.55. The second-order valence-electron chi connectivity index (χ2n) is 6.18. The van der Waals surface area contributed by atoms with Gasteiger partial charge in [-0.15, -0.1) is 0 Å². The van der Waals surface area contributed by atoms with Crippen LogP contribution in [-0.2, 0) is 4.79 Å². The minimum Gasteiger partial charge on any atom is -0.485 e. The van der Waals surface area contributed by atoms with Crippen molar-refractivity contribution < 1.29 is 18.7 Å². The average molecular weight is 349 g/mol. The van der Waals surface area contributed by atoms with E-state index in [0.29, 0.717) is 16.9 Å². The summed E-state index contributed by atoms with van der Waals surface area (Å²) < 4.78 is 10.7. The molecule has 0 saturated heterocycles. The summed E-state index contributed by atoms with van der Waals surface area (Å²) in [5.41, 5.74) is 2.00. The van der Waals surface area contributed by atoms with Crippen molar-refractivity contribution in [3.8, 4) is 5.75 Å². The number of carbonyl (C=O) groups is 2. The van der Waals surface area contributed by atoms with E-state index in [9.17, 15) is 14.4 Å². The van der Waals surface area contributed by atoms with Crippen LogP contribution in [0.5, 0.6) is 5.75 Å². The third-order valence-electron chi connectivity index (χ3n) is 4.46. The number of benzene rings is 2. The first-order chi connectivity index (χ1) is 12.5. The predicted octanol–water partition coefficient (Wildman–Crippen LogP) is 3.11. The maximum absolute atomic E-state index is 12.4. The molecule has 0 bridgehead atoms. The van der Waals surface area contributed by atoms with E-state index in [1.165, 1.54) is 6.07 Å². The van der Waals surface area contributed by atoms with Gasteiger partial charge < -0.3 is 14.5 Å². The maximum Gasteiger partial charge on any atom is 0.336 e. The fourth-order valence-electron chi connectivity index (χ4n) is 2.95. The van der Waals surface area contributed by atoms with Crippen molar-refractivity contribution in [3.05, 3.63) is 70.1 Å². The fourth-order valence-corrected chi connectivity index (χ4v) is 2.95. The Bertz CT molecular complexity index is 1100. The Morgan fingerprint density at radius 1 is 1.12 bits per heavy atom. The van der Waals surface area contributed by atoms with Gasteiger partial charge in [-0.2, -0.15) is 0 Å². The van der Waals surface area contributed by atoms with E-state index >= 15 is 0 Å². The number of ketones is 1. The van der Waals surface area contributed by atoms with Gasteiger partial charge in [0.05, 0.1) is 5.92 Å². The van der Waals surface area contributed by atoms with Crippen molar-refractivity contribution in [1.29, 1.82) is 0 Å². The van der Waals surface area contributed by atoms with E-state index in [-0.39, 0.29) is 24.2 Å². The lowest BCUT2D eigenvalue weighted by molar-refractivity contribution is -0.116. The molecule has 1 amide bonds. The third-order valence-corrected chi connectivity index (χ3v) is 4.46. The molecule has 2 heterocycles. The molecule has 26 heavy (non-hydrogen) atoms. The standard InChI is InChI=1S/C20H15NO5/c1-11-15-8-13(3-6-16(15)21-20(11)24)17(22)10-25-14-5-2-12-4-7-19(23)26-18(12)9-14/h2-9,11H,10H2,1H3,(H,21,24)/t11-/m0/s1. The van der Waals surface area contributed by atoms with Gasteiger partial charge in [-0.1, -0.05) is 0 Å². The highest BCUT2D eigenvalue weighted by molar-refractivity contribution is 6.05. The van der Waals surface area contributed by atoms with Gasteiger partial charge >= 0.3 is 5.63 Å². The molecular weight excluding hydrogens is 334 g/mol. The average Bonchev–Trinajstić information content (AvgIpc) is 2.93. The first-order valence-electron chi connectivity index (χ1n) is 8.16. The van der Waals surface area contributed by atoms with Crippen LogP contribution in [0.4, 0.5) is 5.69 Å². The smallest absolute Gasteiger partial charge is 0.336 e. The van der Waals surface area contributed by atoms with Crippen LogP contribution < -0.4 is 15.7 Å². The number of carbonyl (C=O) groups excluding carboxylic acids is 2. The van der Waals surface area contributed by atoms with Gasteiger partial charge in [0.15, 0.2) is 12.4 Å². The largest absolute Gasteiger partial charge is 0.485 e. The molecule has 6 nitrogen and oxygen atoms in total. The van der Waals surface area contributed by atoms with Gasteiger partial charge in [-0.3, -0.25) is 9.59 Å². The second-order valence-corrected chi connectivity index (χ2v) is 6.18. The van der Waals surface area contributed by atoms with Crippen molar-refractivity contribution >= 4 is 28.3 Å². The predicted molar refractivity (Wildman–Crippen MR) is 95.8 cm³/mol.